The lowest BCUT2D eigenvalue weighted by molar-refractivity contribution is -0.00585. The van der Waals surface area contributed by atoms with E-state index in [1.165, 1.54) is 0 Å². The highest BCUT2D eigenvalue weighted by Crippen LogP contribution is 2.29. The molecule has 0 bridgehead atoms. The molecular weight excluding hydrogens is 194 g/mol. The number of nitrogens with one attached hydrogen (secondary N) is 1. The number of methoxy groups -OCH3 is 1. The SMILES string of the molecule is COc1cccc(CNC2COC2)c1O. The second kappa shape index (κ2) is 4.51. The van der Waals surface area contributed by atoms with Crippen LogP contribution in [0.1, 0.15) is 5.56 Å². The number of phenolic OH excluding ortho intramolecular Hbond substituents is 1. The Morgan fingerprint density at radius 2 is 2.33 bits per heavy atom. The Morgan fingerprint density at radius 1 is 1.53 bits per heavy atom. The summed E-state index contributed by atoms with van der Waals surface area (Å²) in [5, 5.41) is 13.1. The van der Waals surface area contributed by atoms with Gasteiger partial charge in [-0.25, -0.2) is 0 Å². The van der Waals surface area contributed by atoms with Crippen LogP contribution in [0.3, 0.4) is 0 Å². The largest absolute Gasteiger partial charge is 0.504 e. The third kappa shape index (κ3) is 2.22. The average Bonchev–Trinajstić information content (AvgIpc) is 2.18. The first kappa shape index (κ1) is 10.3. The maximum Gasteiger partial charge on any atom is 0.162 e. The molecule has 0 amide bonds. The van der Waals surface area contributed by atoms with Gasteiger partial charge in [-0.3, -0.25) is 0 Å². The van der Waals surface area contributed by atoms with Gasteiger partial charge in [0.1, 0.15) is 0 Å². The third-order valence-electron chi connectivity index (χ3n) is 2.52. The summed E-state index contributed by atoms with van der Waals surface area (Å²) in [5.41, 5.74) is 0.848. The predicted molar refractivity (Wildman–Crippen MR) is 56.1 cm³/mol. The molecule has 1 saturated heterocycles. The molecule has 1 aliphatic heterocycles. The van der Waals surface area contributed by atoms with E-state index in [9.17, 15) is 5.11 Å². The molecule has 82 valence electrons. The van der Waals surface area contributed by atoms with Crippen molar-refractivity contribution in [3.8, 4) is 11.5 Å². The number of benzene rings is 1. The van der Waals surface area contributed by atoms with Crippen molar-refractivity contribution in [1.29, 1.82) is 0 Å². The molecule has 1 heterocycles. The highest BCUT2D eigenvalue weighted by atomic mass is 16.5. The lowest BCUT2D eigenvalue weighted by atomic mass is 10.1. The molecule has 4 heteroatoms. The Balaban J connectivity index is 2.00. The average molecular weight is 209 g/mol. The van der Waals surface area contributed by atoms with Crippen molar-refractivity contribution in [3.63, 3.8) is 0 Å². The minimum atomic E-state index is 0.216. The second-order valence-electron chi connectivity index (χ2n) is 3.58. The predicted octanol–water partition coefficient (Wildman–Crippen LogP) is 0.889. The van der Waals surface area contributed by atoms with E-state index in [2.05, 4.69) is 5.32 Å². The Hall–Kier alpha value is -1.26. The first-order chi connectivity index (χ1) is 7.31. The highest BCUT2D eigenvalue weighted by molar-refractivity contribution is 5.45. The normalized spacial score (nSPS) is 16.1. The Bertz CT molecular complexity index is 337. The number of phenols is 1. The number of rotatable bonds is 4. The van der Waals surface area contributed by atoms with Gasteiger partial charge in [-0.2, -0.15) is 0 Å². The van der Waals surface area contributed by atoms with Crippen molar-refractivity contribution in [3.05, 3.63) is 23.8 Å². The summed E-state index contributed by atoms with van der Waals surface area (Å²) in [7, 11) is 1.55. The fourth-order valence-electron chi connectivity index (χ4n) is 1.48. The van der Waals surface area contributed by atoms with Crippen LogP contribution < -0.4 is 10.1 Å². The molecule has 1 aromatic carbocycles. The van der Waals surface area contributed by atoms with Crippen LogP contribution in [-0.4, -0.2) is 31.5 Å². The summed E-state index contributed by atoms with van der Waals surface area (Å²) in [6.07, 6.45) is 0. The van der Waals surface area contributed by atoms with E-state index in [1.54, 1.807) is 13.2 Å². The van der Waals surface area contributed by atoms with Gasteiger partial charge in [0.25, 0.3) is 0 Å². The molecule has 0 atom stereocenters. The summed E-state index contributed by atoms with van der Waals surface area (Å²) in [5.74, 6) is 0.729. The van der Waals surface area contributed by atoms with Crippen LogP contribution >= 0.6 is 0 Å². The zero-order valence-electron chi connectivity index (χ0n) is 8.69. The number of aromatic hydroxyl groups is 1. The summed E-state index contributed by atoms with van der Waals surface area (Å²) in [6, 6.07) is 5.90. The lowest BCUT2D eigenvalue weighted by Crippen LogP contribution is -2.45. The van der Waals surface area contributed by atoms with Gasteiger partial charge >= 0.3 is 0 Å². The molecule has 0 radical (unpaired) electrons. The molecule has 0 aliphatic carbocycles. The van der Waals surface area contributed by atoms with Crippen LogP contribution in [0, 0.1) is 0 Å². The van der Waals surface area contributed by atoms with Crippen LogP contribution in [0.4, 0.5) is 0 Å². The van der Waals surface area contributed by atoms with Gasteiger partial charge in [0.15, 0.2) is 11.5 Å². The van der Waals surface area contributed by atoms with Crippen LogP contribution in [-0.2, 0) is 11.3 Å². The van der Waals surface area contributed by atoms with E-state index in [0.29, 0.717) is 18.3 Å². The van der Waals surface area contributed by atoms with Crippen molar-refractivity contribution in [2.24, 2.45) is 0 Å². The zero-order chi connectivity index (χ0) is 10.7. The molecule has 2 N–H and O–H groups in total. The summed E-state index contributed by atoms with van der Waals surface area (Å²) >= 11 is 0. The van der Waals surface area contributed by atoms with Crippen LogP contribution in [0.25, 0.3) is 0 Å². The molecule has 1 fully saturated rings. The van der Waals surface area contributed by atoms with E-state index < -0.39 is 0 Å². The van der Waals surface area contributed by atoms with E-state index in [-0.39, 0.29) is 5.75 Å². The zero-order valence-corrected chi connectivity index (χ0v) is 8.69. The van der Waals surface area contributed by atoms with E-state index in [0.717, 1.165) is 18.8 Å². The summed E-state index contributed by atoms with van der Waals surface area (Å²) in [6.45, 7) is 2.15. The van der Waals surface area contributed by atoms with Gasteiger partial charge < -0.3 is 19.9 Å². The molecule has 0 aromatic heterocycles. The van der Waals surface area contributed by atoms with Crippen LogP contribution in [0.5, 0.6) is 11.5 Å². The molecule has 0 unspecified atom stereocenters. The van der Waals surface area contributed by atoms with Gasteiger partial charge in [-0.05, 0) is 6.07 Å². The maximum atomic E-state index is 9.80. The van der Waals surface area contributed by atoms with Crippen molar-refractivity contribution in [2.75, 3.05) is 20.3 Å². The molecular formula is C11H15NO3. The summed E-state index contributed by atoms with van der Waals surface area (Å²) < 4.78 is 10.1. The first-order valence-electron chi connectivity index (χ1n) is 4.97. The number of hydrogen-bond acceptors (Lipinski definition) is 4. The molecule has 15 heavy (non-hydrogen) atoms. The van der Waals surface area contributed by atoms with Gasteiger partial charge in [-0.15, -0.1) is 0 Å². The molecule has 0 saturated carbocycles. The standard InChI is InChI=1S/C11H15NO3/c1-14-10-4-2-3-8(11(10)13)5-12-9-6-15-7-9/h2-4,9,12-13H,5-7H2,1H3. The van der Waals surface area contributed by atoms with Crippen molar-refractivity contribution < 1.29 is 14.6 Å². The summed E-state index contributed by atoms with van der Waals surface area (Å²) in [4.78, 5) is 0. The Labute approximate surface area is 88.8 Å². The highest BCUT2D eigenvalue weighted by Gasteiger charge is 2.18. The van der Waals surface area contributed by atoms with Gasteiger partial charge in [-0.1, -0.05) is 12.1 Å². The molecule has 1 aliphatic rings. The van der Waals surface area contributed by atoms with Gasteiger partial charge in [0.05, 0.1) is 26.4 Å². The molecule has 2 rings (SSSR count). The van der Waals surface area contributed by atoms with E-state index in [1.807, 2.05) is 12.1 Å². The van der Waals surface area contributed by atoms with Crippen molar-refractivity contribution in [2.45, 2.75) is 12.6 Å². The quantitative estimate of drug-likeness (QED) is 0.773. The van der Waals surface area contributed by atoms with Crippen molar-refractivity contribution in [1.82, 2.24) is 5.32 Å². The van der Waals surface area contributed by atoms with Gasteiger partial charge in [0.2, 0.25) is 0 Å². The molecule has 1 aromatic rings. The molecule has 4 nitrogen and oxygen atoms in total. The van der Waals surface area contributed by atoms with Crippen LogP contribution in [0.2, 0.25) is 0 Å². The van der Waals surface area contributed by atoms with Crippen LogP contribution in [0.15, 0.2) is 18.2 Å². The lowest BCUT2D eigenvalue weighted by Gasteiger charge is -2.27. The molecule has 0 spiro atoms. The monoisotopic (exact) mass is 209 g/mol. The fourth-order valence-corrected chi connectivity index (χ4v) is 1.48. The Morgan fingerprint density at radius 3 is 2.93 bits per heavy atom. The van der Waals surface area contributed by atoms with E-state index in [4.69, 9.17) is 9.47 Å². The number of hydrogen-bond donors (Lipinski definition) is 2. The topological polar surface area (TPSA) is 50.7 Å². The van der Waals surface area contributed by atoms with Gasteiger partial charge in [0, 0.05) is 12.1 Å². The number of ether oxygens (including phenoxy) is 2. The number of para-hydroxylation sites is 1. The smallest absolute Gasteiger partial charge is 0.162 e. The fraction of sp³-hybridized carbons (Fsp3) is 0.455. The Kier molecular flexibility index (Phi) is 3.08. The third-order valence-corrected chi connectivity index (χ3v) is 2.52. The van der Waals surface area contributed by atoms with E-state index >= 15 is 0 Å². The van der Waals surface area contributed by atoms with Crippen molar-refractivity contribution >= 4 is 0 Å². The minimum Gasteiger partial charge on any atom is -0.504 e. The maximum absolute atomic E-state index is 9.80. The minimum absolute atomic E-state index is 0.216. The second-order valence-corrected chi connectivity index (χ2v) is 3.58. The first-order valence-corrected chi connectivity index (χ1v) is 4.97.